The lowest BCUT2D eigenvalue weighted by molar-refractivity contribution is -0.127. The van der Waals surface area contributed by atoms with E-state index < -0.39 is 0 Å². The average Bonchev–Trinajstić information content (AvgIpc) is 3.32. The summed E-state index contributed by atoms with van der Waals surface area (Å²) in [6, 6.07) is 4.37. The third-order valence-corrected chi connectivity index (χ3v) is 6.01. The third kappa shape index (κ3) is 3.10. The molecule has 1 N–H and O–H groups in total. The molecule has 1 saturated heterocycles. The zero-order valence-corrected chi connectivity index (χ0v) is 15.8. The Morgan fingerprint density at radius 2 is 2.07 bits per heavy atom. The van der Waals surface area contributed by atoms with Gasteiger partial charge in [-0.1, -0.05) is 6.42 Å². The van der Waals surface area contributed by atoms with Gasteiger partial charge in [0.25, 0.3) is 0 Å². The van der Waals surface area contributed by atoms with Crippen molar-refractivity contribution in [3.8, 4) is 0 Å². The van der Waals surface area contributed by atoms with Crippen molar-refractivity contribution in [3.05, 3.63) is 48.4 Å². The number of piperidine rings is 1. The Morgan fingerprint density at radius 3 is 2.79 bits per heavy atom. The predicted molar refractivity (Wildman–Crippen MR) is 107 cm³/mol. The molecule has 0 unspecified atom stereocenters. The topological polar surface area (TPSA) is 79.7 Å². The molecule has 3 aromatic rings. The summed E-state index contributed by atoms with van der Waals surface area (Å²) in [7, 11) is 0. The fourth-order valence-corrected chi connectivity index (χ4v) is 4.23. The fraction of sp³-hybridized carbons (Fsp3) is 0.429. The van der Waals surface area contributed by atoms with Crippen molar-refractivity contribution in [2.24, 2.45) is 0 Å². The second-order valence-corrected chi connectivity index (χ2v) is 7.71. The van der Waals surface area contributed by atoms with Gasteiger partial charge in [0.15, 0.2) is 5.65 Å². The number of fused-ring (bicyclic) bond motifs is 1. The first-order chi connectivity index (χ1) is 13.8. The van der Waals surface area contributed by atoms with Gasteiger partial charge in [-0.15, -0.1) is 0 Å². The monoisotopic (exact) mass is 376 g/mol. The number of imidazole rings is 2. The number of carbonyl (C=O) groups excluding carboxylic acids is 1. The maximum atomic E-state index is 12.5. The van der Waals surface area contributed by atoms with Crippen molar-refractivity contribution in [2.75, 3.05) is 13.1 Å². The molecule has 4 heterocycles. The molecule has 144 valence electrons. The Kier molecular flexibility index (Phi) is 4.43. The lowest BCUT2D eigenvalue weighted by Crippen LogP contribution is -2.38. The van der Waals surface area contributed by atoms with Gasteiger partial charge in [0.05, 0.1) is 18.2 Å². The SMILES string of the molecule is O=C(C=Cc1cnc[nH]1)N1CCC(n2c(C3CCC3)nc3cccnc32)CC1. The van der Waals surface area contributed by atoms with Crippen LogP contribution in [0.25, 0.3) is 17.2 Å². The number of likely N-dealkylation sites (tertiary alicyclic amines) is 1. The van der Waals surface area contributed by atoms with Crippen LogP contribution in [0.3, 0.4) is 0 Å². The highest BCUT2D eigenvalue weighted by Gasteiger charge is 2.31. The van der Waals surface area contributed by atoms with Gasteiger partial charge in [0.1, 0.15) is 11.3 Å². The van der Waals surface area contributed by atoms with Crippen LogP contribution in [0.4, 0.5) is 0 Å². The molecule has 7 nitrogen and oxygen atoms in total. The van der Waals surface area contributed by atoms with Gasteiger partial charge in [0, 0.05) is 37.3 Å². The molecule has 1 aliphatic carbocycles. The van der Waals surface area contributed by atoms with Crippen LogP contribution in [0.15, 0.2) is 36.9 Å². The van der Waals surface area contributed by atoms with Crippen molar-refractivity contribution in [1.29, 1.82) is 0 Å². The number of H-pyrrole nitrogens is 1. The molecule has 0 spiro atoms. The van der Waals surface area contributed by atoms with Gasteiger partial charge in [-0.3, -0.25) is 4.79 Å². The largest absolute Gasteiger partial charge is 0.345 e. The molecular formula is C21H24N6O. The standard InChI is InChI=1S/C21H24N6O/c28-19(7-6-16-13-22-14-24-16)26-11-8-17(9-12-26)27-20(15-3-1-4-15)25-18-5-2-10-23-21(18)27/h2,5-7,10,13-15,17H,1,3-4,8-9,11-12H2,(H,22,24). The molecule has 28 heavy (non-hydrogen) atoms. The zero-order valence-electron chi connectivity index (χ0n) is 15.8. The van der Waals surface area contributed by atoms with Gasteiger partial charge >= 0.3 is 0 Å². The van der Waals surface area contributed by atoms with E-state index in [0.717, 1.165) is 42.8 Å². The van der Waals surface area contributed by atoms with E-state index in [9.17, 15) is 4.79 Å². The van der Waals surface area contributed by atoms with Crippen LogP contribution in [-0.4, -0.2) is 48.4 Å². The fourth-order valence-electron chi connectivity index (χ4n) is 4.23. The molecule has 0 atom stereocenters. The predicted octanol–water partition coefficient (Wildman–Crippen LogP) is 3.30. The van der Waals surface area contributed by atoms with Crippen molar-refractivity contribution in [2.45, 2.75) is 44.1 Å². The minimum atomic E-state index is 0.0564. The summed E-state index contributed by atoms with van der Waals surface area (Å²) in [5.74, 6) is 1.82. The van der Waals surface area contributed by atoms with E-state index in [1.54, 1.807) is 24.7 Å². The summed E-state index contributed by atoms with van der Waals surface area (Å²) in [5.41, 5.74) is 2.82. The first-order valence-corrected chi connectivity index (χ1v) is 10.1. The van der Waals surface area contributed by atoms with E-state index in [4.69, 9.17) is 4.98 Å². The van der Waals surface area contributed by atoms with Gasteiger partial charge in [-0.25, -0.2) is 15.0 Å². The highest BCUT2D eigenvalue weighted by molar-refractivity contribution is 5.91. The molecule has 2 aliphatic rings. The minimum Gasteiger partial charge on any atom is -0.345 e. The zero-order chi connectivity index (χ0) is 18.9. The highest BCUT2D eigenvalue weighted by Crippen LogP contribution is 2.39. The van der Waals surface area contributed by atoms with Crippen LogP contribution in [0.5, 0.6) is 0 Å². The van der Waals surface area contributed by atoms with Gasteiger partial charge in [-0.05, 0) is 43.9 Å². The molecule has 1 saturated carbocycles. The molecule has 2 fully saturated rings. The smallest absolute Gasteiger partial charge is 0.246 e. The number of hydrogen-bond acceptors (Lipinski definition) is 4. The number of nitrogens with one attached hydrogen (secondary N) is 1. The van der Waals surface area contributed by atoms with E-state index >= 15 is 0 Å². The van der Waals surface area contributed by atoms with Crippen molar-refractivity contribution >= 4 is 23.1 Å². The van der Waals surface area contributed by atoms with Crippen LogP contribution < -0.4 is 0 Å². The summed E-state index contributed by atoms with van der Waals surface area (Å²) in [6.07, 6.45) is 14.2. The Labute approximate surface area is 163 Å². The molecule has 0 bridgehead atoms. The second-order valence-electron chi connectivity index (χ2n) is 7.71. The van der Waals surface area contributed by atoms with E-state index in [1.165, 1.54) is 25.1 Å². The van der Waals surface area contributed by atoms with Crippen LogP contribution in [-0.2, 0) is 4.79 Å². The maximum absolute atomic E-state index is 12.5. The summed E-state index contributed by atoms with van der Waals surface area (Å²) in [5, 5.41) is 0. The average molecular weight is 376 g/mol. The van der Waals surface area contributed by atoms with Crippen LogP contribution >= 0.6 is 0 Å². The Morgan fingerprint density at radius 1 is 1.21 bits per heavy atom. The number of amides is 1. The second kappa shape index (κ2) is 7.22. The number of carbonyl (C=O) groups is 1. The lowest BCUT2D eigenvalue weighted by Gasteiger charge is -2.34. The molecule has 5 rings (SSSR count). The normalized spacial score (nSPS) is 18.8. The molecule has 0 radical (unpaired) electrons. The molecule has 1 amide bonds. The van der Waals surface area contributed by atoms with Crippen LogP contribution in [0, 0.1) is 0 Å². The Balaban J connectivity index is 1.32. The summed E-state index contributed by atoms with van der Waals surface area (Å²) in [4.78, 5) is 30.9. The summed E-state index contributed by atoms with van der Waals surface area (Å²) < 4.78 is 2.38. The number of nitrogens with zero attached hydrogens (tertiary/aromatic N) is 5. The third-order valence-electron chi connectivity index (χ3n) is 6.01. The lowest BCUT2D eigenvalue weighted by atomic mass is 9.84. The van der Waals surface area contributed by atoms with Gasteiger partial charge in [-0.2, -0.15) is 0 Å². The van der Waals surface area contributed by atoms with Gasteiger partial charge in [0.2, 0.25) is 5.91 Å². The number of rotatable bonds is 4. The molecular weight excluding hydrogens is 352 g/mol. The Bertz CT molecular complexity index is 993. The Hall–Kier alpha value is -2.96. The maximum Gasteiger partial charge on any atom is 0.246 e. The number of pyridine rings is 1. The molecule has 7 heteroatoms. The van der Waals surface area contributed by atoms with E-state index in [1.807, 2.05) is 17.2 Å². The van der Waals surface area contributed by atoms with E-state index in [-0.39, 0.29) is 5.91 Å². The number of aromatic nitrogens is 5. The summed E-state index contributed by atoms with van der Waals surface area (Å²) in [6.45, 7) is 1.51. The van der Waals surface area contributed by atoms with Gasteiger partial charge < -0.3 is 14.5 Å². The van der Waals surface area contributed by atoms with Crippen molar-refractivity contribution in [3.63, 3.8) is 0 Å². The minimum absolute atomic E-state index is 0.0564. The number of aromatic amines is 1. The van der Waals surface area contributed by atoms with Crippen LogP contribution in [0.2, 0.25) is 0 Å². The number of hydrogen-bond donors (Lipinski definition) is 1. The first-order valence-electron chi connectivity index (χ1n) is 10.1. The first kappa shape index (κ1) is 17.2. The van der Waals surface area contributed by atoms with E-state index in [2.05, 4.69) is 25.6 Å². The molecule has 1 aliphatic heterocycles. The van der Waals surface area contributed by atoms with Crippen LogP contribution in [0.1, 0.15) is 55.6 Å². The van der Waals surface area contributed by atoms with Crippen molar-refractivity contribution in [1.82, 2.24) is 29.4 Å². The quantitative estimate of drug-likeness (QED) is 0.709. The molecule has 3 aromatic heterocycles. The van der Waals surface area contributed by atoms with Crippen molar-refractivity contribution < 1.29 is 4.79 Å². The molecule has 0 aromatic carbocycles. The highest BCUT2D eigenvalue weighted by atomic mass is 16.2. The summed E-state index contributed by atoms with van der Waals surface area (Å²) >= 11 is 0. The van der Waals surface area contributed by atoms with E-state index in [0.29, 0.717) is 12.0 Å².